The van der Waals surface area contributed by atoms with Crippen molar-refractivity contribution in [2.75, 3.05) is 30.8 Å². The van der Waals surface area contributed by atoms with Crippen LogP contribution in [0.25, 0.3) is 16.8 Å². The van der Waals surface area contributed by atoms with E-state index in [9.17, 15) is 9.59 Å². The van der Waals surface area contributed by atoms with Gasteiger partial charge in [-0.2, -0.15) is 5.10 Å². The molecule has 0 saturated carbocycles. The molecule has 8 nitrogen and oxygen atoms in total. The summed E-state index contributed by atoms with van der Waals surface area (Å²) >= 11 is 0. The van der Waals surface area contributed by atoms with Crippen molar-refractivity contribution in [3.05, 3.63) is 90.1 Å². The van der Waals surface area contributed by atoms with E-state index < -0.39 is 0 Å². The van der Waals surface area contributed by atoms with Gasteiger partial charge in [-0.3, -0.25) is 4.79 Å². The summed E-state index contributed by atoms with van der Waals surface area (Å²) in [5.74, 6) is 0.869. The Morgan fingerprint density at radius 1 is 0.946 bits per heavy atom. The Balaban J connectivity index is 1.61. The molecule has 4 rings (SSSR count). The highest BCUT2D eigenvalue weighted by atomic mass is 16.5. The Morgan fingerprint density at radius 3 is 2.38 bits per heavy atom. The van der Waals surface area contributed by atoms with Crippen LogP contribution < -0.4 is 15.4 Å². The summed E-state index contributed by atoms with van der Waals surface area (Å²) in [7, 11) is 1.57. The molecule has 8 heteroatoms. The third-order valence-electron chi connectivity index (χ3n) is 6.05. The monoisotopic (exact) mass is 497 g/mol. The van der Waals surface area contributed by atoms with Crippen LogP contribution in [0.2, 0.25) is 0 Å². The van der Waals surface area contributed by atoms with E-state index in [2.05, 4.69) is 10.6 Å². The molecule has 1 aromatic heterocycles. The molecular weight excluding hydrogens is 466 g/mol. The number of para-hydroxylation sites is 1. The van der Waals surface area contributed by atoms with E-state index in [0.717, 1.165) is 28.1 Å². The first-order chi connectivity index (χ1) is 17.9. The molecule has 0 spiro atoms. The zero-order valence-corrected chi connectivity index (χ0v) is 21.5. The minimum absolute atomic E-state index is 0.126. The highest BCUT2D eigenvalue weighted by Gasteiger charge is 2.23. The predicted octanol–water partition coefficient (Wildman–Crippen LogP) is 5.66. The van der Waals surface area contributed by atoms with Gasteiger partial charge in [0.05, 0.1) is 18.5 Å². The number of methoxy groups -OCH3 is 1. The predicted molar refractivity (Wildman–Crippen MR) is 146 cm³/mol. The molecule has 3 amide bonds. The van der Waals surface area contributed by atoms with E-state index >= 15 is 0 Å². The molecule has 0 bridgehead atoms. The maximum Gasteiger partial charge on any atom is 0.322 e. The Morgan fingerprint density at radius 2 is 1.68 bits per heavy atom. The van der Waals surface area contributed by atoms with Crippen molar-refractivity contribution in [3.8, 4) is 22.6 Å². The van der Waals surface area contributed by atoms with E-state index in [-0.39, 0.29) is 18.5 Å². The number of likely N-dealkylation sites (N-methyl/N-ethyl adjacent to an activating group) is 1. The topological polar surface area (TPSA) is 88.5 Å². The van der Waals surface area contributed by atoms with Gasteiger partial charge in [0.25, 0.3) is 0 Å². The number of anilines is 2. The molecule has 0 saturated heterocycles. The second-order valence-electron chi connectivity index (χ2n) is 8.60. The standard InChI is InChI=1S/C29H31N5O3/c1-5-33(29(36)30-23-15-11-16-24(18-23)37-4)19-26(35)31-28-27(22-13-7-6-8-14-22)21(3)32-34(28)25-17-10-9-12-20(25)2/h6-18H,5,19H2,1-4H3,(H,30,36)(H,31,35). The van der Waals surface area contributed by atoms with Crippen molar-refractivity contribution in [1.29, 1.82) is 0 Å². The molecule has 0 aliphatic rings. The number of nitrogens with one attached hydrogen (secondary N) is 2. The van der Waals surface area contributed by atoms with Gasteiger partial charge in [-0.25, -0.2) is 9.48 Å². The zero-order valence-electron chi connectivity index (χ0n) is 21.5. The summed E-state index contributed by atoms with van der Waals surface area (Å²) in [5, 5.41) is 10.7. The first kappa shape index (κ1) is 25.5. The fourth-order valence-electron chi connectivity index (χ4n) is 4.14. The fourth-order valence-corrected chi connectivity index (χ4v) is 4.14. The average molecular weight is 498 g/mol. The number of urea groups is 1. The summed E-state index contributed by atoms with van der Waals surface area (Å²) < 4.78 is 6.98. The van der Waals surface area contributed by atoms with E-state index in [1.165, 1.54) is 4.90 Å². The van der Waals surface area contributed by atoms with Crippen molar-refractivity contribution in [2.45, 2.75) is 20.8 Å². The lowest BCUT2D eigenvalue weighted by molar-refractivity contribution is -0.116. The second-order valence-corrected chi connectivity index (χ2v) is 8.60. The summed E-state index contributed by atoms with van der Waals surface area (Å²) in [4.78, 5) is 27.7. The SMILES string of the molecule is CCN(CC(=O)Nc1c(-c2ccccc2)c(C)nn1-c1ccccc1C)C(=O)Nc1cccc(OC)c1. The highest BCUT2D eigenvalue weighted by molar-refractivity contribution is 5.99. The quantitative estimate of drug-likeness (QED) is 0.329. The summed E-state index contributed by atoms with van der Waals surface area (Å²) in [6.07, 6.45) is 0. The zero-order chi connectivity index (χ0) is 26.4. The molecular formula is C29H31N5O3. The van der Waals surface area contributed by atoms with E-state index in [4.69, 9.17) is 9.84 Å². The molecule has 1 heterocycles. The normalized spacial score (nSPS) is 10.6. The maximum absolute atomic E-state index is 13.3. The summed E-state index contributed by atoms with van der Waals surface area (Å²) in [6, 6.07) is 24.4. The molecule has 37 heavy (non-hydrogen) atoms. The van der Waals surface area contributed by atoms with Crippen LogP contribution in [0.1, 0.15) is 18.2 Å². The molecule has 0 aliphatic carbocycles. The van der Waals surface area contributed by atoms with Crippen LogP contribution in [0.3, 0.4) is 0 Å². The lowest BCUT2D eigenvalue weighted by Gasteiger charge is -2.21. The molecule has 0 fully saturated rings. The molecule has 2 N–H and O–H groups in total. The molecule has 0 unspecified atom stereocenters. The Bertz CT molecular complexity index is 1400. The minimum atomic E-state index is -0.377. The number of aryl methyl sites for hydroxylation is 2. The lowest BCUT2D eigenvalue weighted by Crippen LogP contribution is -2.40. The Labute approximate surface area is 216 Å². The smallest absolute Gasteiger partial charge is 0.322 e. The van der Waals surface area contributed by atoms with Gasteiger partial charge in [0, 0.05) is 23.9 Å². The Kier molecular flexibility index (Phi) is 7.88. The van der Waals surface area contributed by atoms with Crippen LogP contribution in [0.15, 0.2) is 78.9 Å². The number of nitrogens with zero attached hydrogens (tertiary/aromatic N) is 3. The molecule has 0 radical (unpaired) electrons. The number of hydrogen-bond acceptors (Lipinski definition) is 4. The van der Waals surface area contributed by atoms with Gasteiger partial charge < -0.3 is 20.3 Å². The molecule has 190 valence electrons. The van der Waals surface area contributed by atoms with Crippen LogP contribution in [-0.4, -0.2) is 46.8 Å². The largest absolute Gasteiger partial charge is 0.497 e. The second kappa shape index (κ2) is 11.4. The first-order valence-electron chi connectivity index (χ1n) is 12.1. The van der Waals surface area contributed by atoms with Crippen molar-refractivity contribution in [1.82, 2.24) is 14.7 Å². The van der Waals surface area contributed by atoms with E-state index in [1.54, 1.807) is 36.1 Å². The number of hydrogen-bond donors (Lipinski definition) is 2. The summed E-state index contributed by atoms with van der Waals surface area (Å²) in [6.45, 7) is 5.98. The van der Waals surface area contributed by atoms with Crippen LogP contribution in [0.4, 0.5) is 16.3 Å². The van der Waals surface area contributed by atoms with Crippen LogP contribution >= 0.6 is 0 Å². The van der Waals surface area contributed by atoms with Crippen molar-refractivity contribution >= 4 is 23.4 Å². The van der Waals surface area contributed by atoms with Crippen LogP contribution in [0.5, 0.6) is 5.75 Å². The molecule has 3 aromatic carbocycles. The van der Waals surface area contributed by atoms with Gasteiger partial charge in [0.1, 0.15) is 18.1 Å². The van der Waals surface area contributed by atoms with Gasteiger partial charge in [-0.1, -0.05) is 54.6 Å². The first-order valence-corrected chi connectivity index (χ1v) is 12.1. The van der Waals surface area contributed by atoms with Gasteiger partial charge in [0.2, 0.25) is 5.91 Å². The number of aromatic nitrogens is 2. The fraction of sp³-hybridized carbons (Fsp3) is 0.207. The minimum Gasteiger partial charge on any atom is -0.497 e. The third-order valence-corrected chi connectivity index (χ3v) is 6.05. The van der Waals surface area contributed by atoms with E-state index in [1.807, 2.05) is 75.4 Å². The number of benzene rings is 3. The van der Waals surface area contributed by atoms with Crippen molar-refractivity contribution in [2.24, 2.45) is 0 Å². The Hall–Kier alpha value is -4.59. The average Bonchev–Trinajstić information content (AvgIpc) is 3.23. The summed E-state index contributed by atoms with van der Waals surface area (Å²) in [5.41, 5.74) is 5.04. The number of amides is 3. The number of carbonyl (C=O) groups excluding carboxylic acids is 2. The highest BCUT2D eigenvalue weighted by Crippen LogP contribution is 2.34. The van der Waals surface area contributed by atoms with Gasteiger partial charge >= 0.3 is 6.03 Å². The van der Waals surface area contributed by atoms with E-state index in [0.29, 0.717) is 23.8 Å². The lowest BCUT2D eigenvalue weighted by atomic mass is 10.1. The third kappa shape index (κ3) is 5.81. The molecule has 4 aromatic rings. The van der Waals surface area contributed by atoms with Crippen LogP contribution in [-0.2, 0) is 4.79 Å². The number of carbonyl (C=O) groups is 2. The van der Waals surface area contributed by atoms with Gasteiger partial charge in [-0.15, -0.1) is 0 Å². The van der Waals surface area contributed by atoms with Crippen LogP contribution in [0, 0.1) is 13.8 Å². The number of ether oxygens (including phenoxy) is 1. The molecule has 0 aliphatic heterocycles. The van der Waals surface area contributed by atoms with Gasteiger partial charge in [0.15, 0.2) is 0 Å². The van der Waals surface area contributed by atoms with Gasteiger partial charge in [-0.05, 0) is 50.1 Å². The maximum atomic E-state index is 13.3. The van der Waals surface area contributed by atoms with Crippen molar-refractivity contribution < 1.29 is 14.3 Å². The number of rotatable bonds is 8. The molecule has 0 atom stereocenters. The van der Waals surface area contributed by atoms with Crippen molar-refractivity contribution in [3.63, 3.8) is 0 Å².